The Bertz CT molecular complexity index is 768. The lowest BCUT2D eigenvalue weighted by Crippen LogP contribution is -3.02. The topological polar surface area (TPSA) is 64.2 Å². The second kappa shape index (κ2) is 16.2. The van der Waals surface area contributed by atoms with Crippen molar-refractivity contribution in [1.82, 2.24) is 0 Å². The molecule has 34 heavy (non-hydrogen) atoms. The Kier molecular flexibility index (Phi) is 14.1. The smallest absolute Gasteiger partial charge is 0.0661 e. The summed E-state index contributed by atoms with van der Waals surface area (Å²) in [6.07, 6.45) is 1.34. The summed E-state index contributed by atoms with van der Waals surface area (Å²) in [5.74, 6) is 0. The normalized spacial score (nSPS) is 10.8. The largest absolute Gasteiger partial charge is 0.871 e. The maximum atomic E-state index is 10.7. The van der Waals surface area contributed by atoms with Gasteiger partial charge in [-0.25, -0.2) is 0 Å². The minimum absolute atomic E-state index is 0.159. The van der Waals surface area contributed by atoms with Crippen LogP contribution in [0.1, 0.15) is 29.5 Å². The van der Waals surface area contributed by atoms with Crippen molar-refractivity contribution in [2.24, 2.45) is 0 Å². The zero-order valence-corrected chi connectivity index (χ0v) is 21.6. The lowest BCUT2D eigenvalue weighted by Gasteiger charge is -2.37. The molecule has 0 saturated carbocycles. The molecule has 0 amide bonds. The van der Waals surface area contributed by atoms with E-state index in [1.807, 2.05) is 54.6 Å². The van der Waals surface area contributed by atoms with Gasteiger partial charge in [-0.15, -0.1) is 0 Å². The first-order valence-corrected chi connectivity index (χ1v) is 11.8. The summed E-state index contributed by atoms with van der Waals surface area (Å²) in [5.41, 5.74) is 3.17. The van der Waals surface area contributed by atoms with Crippen LogP contribution in [0.4, 0.5) is 0 Å². The van der Waals surface area contributed by atoms with Crippen molar-refractivity contribution < 1.29 is 24.5 Å². The zero-order chi connectivity index (χ0) is 25.4. The van der Waals surface area contributed by atoms with Crippen molar-refractivity contribution in [1.29, 1.82) is 0 Å². The van der Waals surface area contributed by atoms with Crippen LogP contribution in [0.3, 0.4) is 0 Å². The Balaban J connectivity index is 0.000000629. The first-order valence-electron chi connectivity index (χ1n) is 11.8. The van der Waals surface area contributed by atoms with E-state index in [1.54, 1.807) is 0 Å². The molecule has 3 aromatic rings. The number of hydrogen-bond donors (Lipinski definition) is 2. The first kappa shape index (κ1) is 29.6. The fourth-order valence-corrected chi connectivity index (χ4v) is 3.62. The molecule has 3 rings (SSSR count). The monoisotopic (exact) mass is 464 g/mol. The fourth-order valence-electron chi connectivity index (χ4n) is 3.62. The Labute approximate surface area is 206 Å². The predicted molar refractivity (Wildman–Crippen MR) is 138 cm³/mol. The van der Waals surface area contributed by atoms with E-state index in [4.69, 9.17) is 4.65 Å². The predicted octanol–water partition coefficient (Wildman–Crippen LogP) is 0.0447. The van der Waals surface area contributed by atoms with E-state index in [1.165, 1.54) is 26.5 Å². The lowest BCUT2D eigenvalue weighted by molar-refractivity contribution is -0.836. The van der Waals surface area contributed by atoms with Gasteiger partial charge in [-0.1, -0.05) is 91.0 Å². The summed E-state index contributed by atoms with van der Waals surface area (Å²) < 4.78 is 4.73. The van der Waals surface area contributed by atoms with E-state index in [9.17, 15) is 10.0 Å². The lowest BCUT2D eigenvalue weighted by atomic mass is 9.67. The van der Waals surface area contributed by atoms with Crippen molar-refractivity contribution >= 4 is 7.32 Å². The number of quaternary nitrogens is 2. The van der Waals surface area contributed by atoms with Crippen molar-refractivity contribution in [2.45, 2.75) is 18.3 Å². The molecule has 184 valence electrons. The molecular formula is C28H41BN2O3. The molecular weight excluding hydrogens is 423 g/mol. The molecule has 0 aliphatic heterocycles. The van der Waals surface area contributed by atoms with Crippen LogP contribution in [0.2, 0.25) is 0 Å². The summed E-state index contributed by atoms with van der Waals surface area (Å²) in [7, 11) is 10.3. The maximum absolute atomic E-state index is 10.7. The first-order chi connectivity index (χ1) is 16.2. The number of hydrogen-bond acceptors (Lipinski definition) is 3. The quantitative estimate of drug-likeness (QED) is 0.281. The van der Waals surface area contributed by atoms with E-state index < -0.39 is 7.32 Å². The highest BCUT2D eigenvalue weighted by molar-refractivity contribution is 6.28. The van der Waals surface area contributed by atoms with Gasteiger partial charge in [0, 0.05) is 12.0 Å². The van der Waals surface area contributed by atoms with Gasteiger partial charge in [-0.2, -0.15) is 0 Å². The van der Waals surface area contributed by atoms with E-state index in [0.29, 0.717) is 6.42 Å². The Hall–Kier alpha value is -2.48. The van der Waals surface area contributed by atoms with Gasteiger partial charge in [0.25, 0.3) is 0 Å². The maximum Gasteiger partial charge on any atom is 0.0661 e. The average Bonchev–Trinajstić information content (AvgIpc) is 2.80. The summed E-state index contributed by atoms with van der Waals surface area (Å²) in [4.78, 5) is 2.83. The highest BCUT2D eigenvalue weighted by Gasteiger charge is 2.35. The van der Waals surface area contributed by atoms with Gasteiger partial charge in [0.2, 0.25) is 0 Å². The minimum atomic E-state index is -2.23. The van der Waals surface area contributed by atoms with Gasteiger partial charge in [0.05, 0.1) is 49.6 Å². The molecule has 0 spiro atoms. The van der Waals surface area contributed by atoms with Crippen molar-refractivity contribution in [3.05, 3.63) is 108 Å². The van der Waals surface area contributed by atoms with Crippen LogP contribution in [0.25, 0.3) is 0 Å². The van der Waals surface area contributed by atoms with E-state index in [0.717, 1.165) is 6.42 Å². The summed E-state index contributed by atoms with van der Waals surface area (Å²) in [5, 5.41) is 21.4. The Morgan fingerprint density at radius 1 is 0.618 bits per heavy atom. The van der Waals surface area contributed by atoms with Crippen LogP contribution in [0.15, 0.2) is 91.0 Å². The second-order valence-corrected chi connectivity index (χ2v) is 9.27. The van der Waals surface area contributed by atoms with Crippen LogP contribution >= 0.6 is 0 Å². The van der Waals surface area contributed by atoms with Gasteiger partial charge < -0.3 is 24.5 Å². The van der Waals surface area contributed by atoms with Crippen LogP contribution in [0.5, 0.6) is 0 Å². The van der Waals surface area contributed by atoms with Gasteiger partial charge in [-0.05, 0) is 29.5 Å². The molecule has 5 nitrogen and oxygen atoms in total. The number of rotatable bonds is 8. The number of benzene rings is 3. The van der Waals surface area contributed by atoms with Crippen molar-refractivity contribution in [3.8, 4) is 0 Å². The Morgan fingerprint density at radius 2 is 0.912 bits per heavy atom. The van der Waals surface area contributed by atoms with E-state index in [-0.39, 0.29) is 12.0 Å². The van der Waals surface area contributed by atoms with Gasteiger partial charge in [0.1, 0.15) is 0 Å². The molecule has 2 N–H and O–H groups in total. The fraction of sp³-hybridized carbons (Fsp3) is 0.357. The highest BCUT2D eigenvalue weighted by atomic mass is 16.6. The SMILES string of the molecule is C[NH+](C)C.C[NH+](C)C.[O-]B([O-])OCCCC(c1ccccc1)(c1ccccc1)c1ccccc1. The molecule has 0 fully saturated rings. The highest BCUT2D eigenvalue weighted by Crippen LogP contribution is 2.42. The van der Waals surface area contributed by atoms with Gasteiger partial charge >= 0.3 is 0 Å². The Morgan fingerprint density at radius 3 is 1.18 bits per heavy atom. The molecule has 6 heteroatoms. The molecule has 0 atom stereocenters. The summed E-state index contributed by atoms with van der Waals surface area (Å²) >= 11 is 0. The zero-order valence-electron chi connectivity index (χ0n) is 21.6. The van der Waals surface area contributed by atoms with Gasteiger partial charge in [-0.3, -0.25) is 0 Å². The van der Waals surface area contributed by atoms with Crippen molar-refractivity contribution in [3.63, 3.8) is 0 Å². The second-order valence-electron chi connectivity index (χ2n) is 9.27. The molecule has 0 unspecified atom stereocenters. The molecule has 3 aromatic carbocycles. The summed E-state index contributed by atoms with van der Waals surface area (Å²) in [6, 6.07) is 31.0. The average molecular weight is 464 g/mol. The van der Waals surface area contributed by atoms with Crippen LogP contribution in [-0.2, 0) is 10.1 Å². The third kappa shape index (κ3) is 10.6. The van der Waals surface area contributed by atoms with E-state index in [2.05, 4.69) is 78.7 Å². The van der Waals surface area contributed by atoms with Gasteiger partial charge in [0.15, 0.2) is 0 Å². The minimum Gasteiger partial charge on any atom is -0.871 e. The van der Waals surface area contributed by atoms with E-state index >= 15 is 0 Å². The third-order valence-corrected chi connectivity index (χ3v) is 4.75. The molecule has 0 saturated heterocycles. The molecule has 0 aliphatic carbocycles. The molecule has 0 bridgehead atoms. The summed E-state index contributed by atoms with van der Waals surface area (Å²) in [6.45, 7) is 0.159. The molecule has 0 aromatic heterocycles. The van der Waals surface area contributed by atoms with Crippen LogP contribution in [-0.4, -0.2) is 56.2 Å². The standard InChI is InChI=1S/C22H21BO3.2C3H9N/c24-23(25)26-18-10-17-22(19-11-4-1-5-12-19,20-13-6-2-7-14-20)21-15-8-3-9-16-21;2*1-4(2)3/h1-9,11-16H,10,17-18H2;2*1-3H3/q-2;;/p+2. The molecule has 0 radical (unpaired) electrons. The molecule has 0 heterocycles. The molecule has 0 aliphatic rings. The third-order valence-electron chi connectivity index (χ3n) is 4.75. The van der Waals surface area contributed by atoms with Crippen LogP contribution < -0.4 is 19.8 Å². The van der Waals surface area contributed by atoms with Crippen molar-refractivity contribution in [2.75, 3.05) is 48.9 Å². The number of nitrogens with one attached hydrogen (secondary N) is 2. The van der Waals surface area contributed by atoms with Crippen LogP contribution in [0, 0.1) is 0 Å².